The zero-order valence-electron chi connectivity index (χ0n) is 13.5. The summed E-state index contributed by atoms with van der Waals surface area (Å²) in [6.45, 7) is 9.01. The van der Waals surface area contributed by atoms with Crippen molar-refractivity contribution < 1.29 is 14.3 Å². The van der Waals surface area contributed by atoms with Crippen molar-refractivity contribution in [3.63, 3.8) is 0 Å². The van der Waals surface area contributed by atoms with Crippen LogP contribution in [0.2, 0.25) is 0 Å². The molecule has 0 aliphatic heterocycles. The number of unbranched alkanes of at least 4 members (excludes halogenated alkanes) is 1. The van der Waals surface area contributed by atoms with Gasteiger partial charge >= 0.3 is 5.97 Å². The van der Waals surface area contributed by atoms with Crippen LogP contribution in [0.5, 0.6) is 5.75 Å². The molecule has 1 rings (SSSR count). The number of methoxy groups -OCH3 is 1. The highest BCUT2D eigenvalue weighted by Crippen LogP contribution is 2.18. The first-order chi connectivity index (χ1) is 9.58. The largest absolute Gasteiger partial charge is 0.494 e. The standard InChI is InChI=1S/C13H18O3.C4H10/c1-4-16-12-7-5-11(10(2)9-12)6-8-13(14)15-3;1-3-4-2/h5,7,9H,4,6,8H2,1-3H3;3-4H2,1-2H3. The molecule has 0 spiro atoms. The third-order valence-electron chi connectivity index (χ3n) is 2.95. The molecule has 20 heavy (non-hydrogen) atoms. The third kappa shape index (κ3) is 7.82. The monoisotopic (exact) mass is 280 g/mol. The van der Waals surface area contributed by atoms with E-state index in [1.807, 2.05) is 32.0 Å². The van der Waals surface area contributed by atoms with Gasteiger partial charge in [-0.25, -0.2) is 0 Å². The minimum atomic E-state index is -0.173. The maximum Gasteiger partial charge on any atom is 0.305 e. The van der Waals surface area contributed by atoms with Crippen molar-refractivity contribution >= 4 is 5.97 Å². The van der Waals surface area contributed by atoms with Gasteiger partial charge in [0, 0.05) is 6.42 Å². The number of carbonyl (C=O) groups excluding carboxylic acids is 1. The SMILES string of the molecule is CCCC.CCOc1ccc(CCC(=O)OC)c(C)c1. The van der Waals surface area contributed by atoms with Gasteiger partial charge in [0.1, 0.15) is 5.75 Å². The zero-order chi connectivity index (χ0) is 15.4. The highest BCUT2D eigenvalue weighted by molar-refractivity contribution is 5.69. The van der Waals surface area contributed by atoms with Crippen LogP contribution in [0.15, 0.2) is 18.2 Å². The lowest BCUT2D eigenvalue weighted by atomic mass is 10.0. The molecule has 1 aromatic carbocycles. The van der Waals surface area contributed by atoms with Crippen LogP contribution in [-0.2, 0) is 16.0 Å². The Morgan fingerprint density at radius 1 is 1.15 bits per heavy atom. The van der Waals surface area contributed by atoms with Gasteiger partial charge in [-0.2, -0.15) is 0 Å². The van der Waals surface area contributed by atoms with Gasteiger partial charge in [-0.05, 0) is 43.5 Å². The number of ether oxygens (including phenoxy) is 2. The molecule has 0 atom stereocenters. The molecule has 0 bridgehead atoms. The van der Waals surface area contributed by atoms with E-state index in [-0.39, 0.29) is 5.97 Å². The maximum atomic E-state index is 11.0. The molecule has 0 heterocycles. The Balaban J connectivity index is 0.000000796. The predicted molar refractivity (Wildman–Crippen MR) is 83.3 cm³/mol. The van der Waals surface area contributed by atoms with Gasteiger partial charge in [-0.1, -0.05) is 32.8 Å². The molecule has 0 unspecified atom stereocenters. The first-order valence-electron chi connectivity index (χ1n) is 7.38. The molecule has 0 fully saturated rings. The Morgan fingerprint density at radius 2 is 1.80 bits per heavy atom. The van der Waals surface area contributed by atoms with E-state index in [0.717, 1.165) is 16.9 Å². The van der Waals surface area contributed by atoms with Crippen LogP contribution in [0.3, 0.4) is 0 Å². The van der Waals surface area contributed by atoms with Crippen LogP contribution < -0.4 is 4.74 Å². The normalized spacial score (nSPS) is 9.45. The van der Waals surface area contributed by atoms with E-state index in [2.05, 4.69) is 18.6 Å². The van der Waals surface area contributed by atoms with E-state index in [1.54, 1.807) is 0 Å². The van der Waals surface area contributed by atoms with Crippen LogP contribution in [0, 0.1) is 6.92 Å². The molecule has 0 N–H and O–H groups in total. The summed E-state index contributed by atoms with van der Waals surface area (Å²) >= 11 is 0. The lowest BCUT2D eigenvalue weighted by molar-refractivity contribution is -0.140. The number of aryl methyl sites for hydroxylation is 2. The van der Waals surface area contributed by atoms with Crippen molar-refractivity contribution in [1.82, 2.24) is 0 Å². The fraction of sp³-hybridized carbons (Fsp3) is 0.588. The van der Waals surface area contributed by atoms with Gasteiger partial charge in [0.05, 0.1) is 13.7 Å². The number of esters is 1. The number of rotatable bonds is 6. The summed E-state index contributed by atoms with van der Waals surface area (Å²) in [5.41, 5.74) is 2.31. The topological polar surface area (TPSA) is 35.5 Å². The Bertz CT molecular complexity index is 384. The van der Waals surface area contributed by atoms with Crippen molar-refractivity contribution in [2.45, 2.75) is 53.4 Å². The highest BCUT2D eigenvalue weighted by Gasteiger charge is 2.04. The summed E-state index contributed by atoms with van der Waals surface area (Å²) in [5, 5.41) is 0. The van der Waals surface area contributed by atoms with Crippen molar-refractivity contribution in [3.8, 4) is 5.75 Å². The van der Waals surface area contributed by atoms with Gasteiger partial charge in [0.2, 0.25) is 0 Å². The second-order valence-corrected chi connectivity index (χ2v) is 4.60. The first-order valence-corrected chi connectivity index (χ1v) is 7.38. The summed E-state index contributed by atoms with van der Waals surface area (Å²) < 4.78 is 10.0. The molecule has 0 aliphatic carbocycles. The minimum absolute atomic E-state index is 0.173. The molecular formula is C17H28O3. The van der Waals surface area contributed by atoms with Gasteiger partial charge in [0.25, 0.3) is 0 Å². The molecule has 0 amide bonds. The lowest BCUT2D eigenvalue weighted by Gasteiger charge is -2.08. The third-order valence-corrected chi connectivity index (χ3v) is 2.95. The molecule has 3 heteroatoms. The molecular weight excluding hydrogens is 252 g/mol. The lowest BCUT2D eigenvalue weighted by Crippen LogP contribution is -2.03. The van der Waals surface area contributed by atoms with E-state index in [4.69, 9.17) is 4.74 Å². The highest BCUT2D eigenvalue weighted by atomic mass is 16.5. The second-order valence-electron chi connectivity index (χ2n) is 4.60. The van der Waals surface area contributed by atoms with Crippen LogP contribution in [0.4, 0.5) is 0 Å². The van der Waals surface area contributed by atoms with Gasteiger partial charge in [-0.3, -0.25) is 4.79 Å². The molecule has 0 radical (unpaired) electrons. The minimum Gasteiger partial charge on any atom is -0.494 e. The molecule has 3 nitrogen and oxygen atoms in total. The van der Waals surface area contributed by atoms with E-state index < -0.39 is 0 Å². The summed E-state index contributed by atoms with van der Waals surface area (Å²) in [5.74, 6) is 0.704. The van der Waals surface area contributed by atoms with E-state index >= 15 is 0 Å². The van der Waals surface area contributed by atoms with Crippen LogP contribution in [0.1, 0.15) is 51.2 Å². The average molecular weight is 280 g/mol. The summed E-state index contributed by atoms with van der Waals surface area (Å²) in [6.07, 6.45) is 3.77. The molecule has 0 aliphatic rings. The summed E-state index contributed by atoms with van der Waals surface area (Å²) in [7, 11) is 1.41. The average Bonchev–Trinajstić information content (AvgIpc) is 2.46. The molecule has 0 saturated heterocycles. The summed E-state index contributed by atoms with van der Waals surface area (Å²) in [4.78, 5) is 11.0. The van der Waals surface area contributed by atoms with Crippen molar-refractivity contribution in [2.24, 2.45) is 0 Å². The zero-order valence-corrected chi connectivity index (χ0v) is 13.5. The van der Waals surface area contributed by atoms with Crippen LogP contribution >= 0.6 is 0 Å². The van der Waals surface area contributed by atoms with Gasteiger partial charge in [-0.15, -0.1) is 0 Å². The number of hydrogen-bond donors (Lipinski definition) is 0. The Labute approximate surface area is 123 Å². The Hall–Kier alpha value is -1.51. The first kappa shape index (κ1) is 18.5. The van der Waals surface area contributed by atoms with Crippen molar-refractivity contribution in [3.05, 3.63) is 29.3 Å². The summed E-state index contributed by atoms with van der Waals surface area (Å²) in [6, 6.07) is 5.93. The number of carbonyl (C=O) groups is 1. The van der Waals surface area contributed by atoms with Gasteiger partial charge < -0.3 is 9.47 Å². The second kappa shape index (κ2) is 11.3. The van der Waals surface area contributed by atoms with E-state index in [9.17, 15) is 4.79 Å². The fourth-order valence-electron chi connectivity index (χ4n) is 1.54. The quantitative estimate of drug-likeness (QED) is 0.729. The van der Waals surface area contributed by atoms with Crippen molar-refractivity contribution in [2.75, 3.05) is 13.7 Å². The van der Waals surface area contributed by atoms with E-state index in [1.165, 1.54) is 20.0 Å². The molecule has 114 valence electrons. The fourth-order valence-corrected chi connectivity index (χ4v) is 1.54. The van der Waals surface area contributed by atoms with Gasteiger partial charge in [0.15, 0.2) is 0 Å². The number of hydrogen-bond acceptors (Lipinski definition) is 3. The van der Waals surface area contributed by atoms with Crippen LogP contribution in [-0.4, -0.2) is 19.7 Å². The molecule has 0 aromatic heterocycles. The van der Waals surface area contributed by atoms with E-state index in [0.29, 0.717) is 19.4 Å². The Kier molecular flexibility index (Phi) is 10.5. The van der Waals surface area contributed by atoms with Crippen LogP contribution in [0.25, 0.3) is 0 Å². The Morgan fingerprint density at radius 3 is 2.25 bits per heavy atom. The smallest absolute Gasteiger partial charge is 0.305 e. The predicted octanol–water partition coefficient (Wildman–Crippen LogP) is 4.31. The van der Waals surface area contributed by atoms with Crippen molar-refractivity contribution in [1.29, 1.82) is 0 Å². The maximum absolute atomic E-state index is 11.0. The molecule has 0 saturated carbocycles. The molecule has 1 aromatic rings. The number of benzene rings is 1.